The van der Waals surface area contributed by atoms with Gasteiger partial charge in [-0.15, -0.1) is 12.4 Å². The average molecular weight is 391 g/mol. The highest BCUT2D eigenvalue weighted by Crippen LogP contribution is 2.29. The van der Waals surface area contributed by atoms with Gasteiger partial charge in [0.25, 0.3) is 0 Å². The Bertz CT molecular complexity index is 646. The second-order valence-corrected chi connectivity index (χ2v) is 8.61. The van der Waals surface area contributed by atoms with Crippen molar-refractivity contribution in [3.05, 3.63) is 35.9 Å². The van der Waals surface area contributed by atoms with Gasteiger partial charge in [0.2, 0.25) is 5.91 Å². The second kappa shape index (κ2) is 9.52. The van der Waals surface area contributed by atoms with Gasteiger partial charge in [0.15, 0.2) is 14.6 Å². The van der Waals surface area contributed by atoms with Crippen LogP contribution in [0.4, 0.5) is 0 Å². The van der Waals surface area contributed by atoms with E-state index in [4.69, 9.17) is 4.74 Å². The average Bonchev–Trinajstić information content (AvgIpc) is 2.58. The number of rotatable bonds is 7. The van der Waals surface area contributed by atoms with Gasteiger partial charge in [-0.25, -0.2) is 8.42 Å². The minimum absolute atomic E-state index is 0. The first-order valence-corrected chi connectivity index (χ1v) is 10.0. The Hall–Kier alpha value is -1.15. The fourth-order valence-electron chi connectivity index (χ4n) is 2.99. The van der Waals surface area contributed by atoms with Crippen molar-refractivity contribution in [3.8, 4) is 0 Å². The van der Waals surface area contributed by atoms with Crippen molar-refractivity contribution in [3.63, 3.8) is 0 Å². The summed E-state index contributed by atoms with van der Waals surface area (Å²) in [6.45, 7) is 2.30. The van der Waals surface area contributed by atoms with Gasteiger partial charge in [-0.2, -0.15) is 0 Å². The Morgan fingerprint density at radius 3 is 2.40 bits per heavy atom. The maximum absolute atomic E-state index is 12.8. The molecule has 0 aliphatic carbocycles. The zero-order valence-electron chi connectivity index (χ0n) is 14.7. The van der Waals surface area contributed by atoms with Crippen LogP contribution in [0.25, 0.3) is 0 Å². The summed E-state index contributed by atoms with van der Waals surface area (Å²) >= 11 is 0. The number of hydrogen-bond acceptors (Lipinski definition) is 5. The Balaban J connectivity index is 0.00000312. The normalized spacial score (nSPS) is 16.7. The van der Waals surface area contributed by atoms with E-state index in [2.05, 4.69) is 5.32 Å². The van der Waals surface area contributed by atoms with Crippen LogP contribution in [0.5, 0.6) is 0 Å². The topological polar surface area (TPSA) is 75.7 Å². The molecule has 1 N–H and O–H groups in total. The summed E-state index contributed by atoms with van der Waals surface area (Å²) in [4.78, 5) is 14.3. The van der Waals surface area contributed by atoms with E-state index in [1.807, 2.05) is 30.3 Å². The van der Waals surface area contributed by atoms with Gasteiger partial charge in [-0.3, -0.25) is 4.79 Å². The molecule has 25 heavy (non-hydrogen) atoms. The number of carbonyl (C=O) groups is 1. The molecular formula is C17H27ClN2O4S. The Kier molecular flexibility index (Phi) is 8.34. The van der Waals surface area contributed by atoms with Crippen LogP contribution in [-0.4, -0.2) is 63.5 Å². The summed E-state index contributed by atoms with van der Waals surface area (Å²) in [6, 6.07) is 9.79. The summed E-state index contributed by atoms with van der Waals surface area (Å²) in [5.74, 6) is -0.324. The lowest BCUT2D eigenvalue weighted by atomic mass is 9.95. The Morgan fingerprint density at radius 1 is 1.24 bits per heavy atom. The minimum Gasteiger partial charge on any atom is -0.375 e. The smallest absolute Gasteiger partial charge is 0.243 e. The van der Waals surface area contributed by atoms with Crippen molar-refractivity contribution >= 4 is 28.2 Å². The van der Waals surface area contributed by atoms with E-state index in [1.165, 1.54) is 4.90 Å². The highest BCUT2D eigenvalue weighted by molar-refractivity contribution is 7.92. The van der Waals surface area contributed by atoms with E-state index in [1.54, 1.807) is 7.05 Å². The lowest BCUT2D eigenvalue weighted by molar-refractivity contribution is -0.134. The molecule has 0 radical (unpaired) electrons. The third kappa shape index (κ3) is 5.41. The van der Waals surface area contributed by atoms with Crippen molar-refractivity contribution in [1.29, 1.82) is 0 Å². The first-order chi connectivity index (χ1) is 11.4. The van der Waals surface area contributed by atoms with E-state index < -0.39 is 14.6 Å². The molecule has 0 unspecified atom stereocenters. The zero-order valence-corrected chi connectivity index (χ0v) is 16.4. The molecular weight excluding hydrogens is 364 g/mol. The molecule has 1 aliphatic heterocycles. The summed E-state index contributed by atoms with van der Waals surface area (Å²) in [5.41, 5.74) is 1.07. The number of hydrogen-bond donors (Lipinski definition) is 1. The van der Waals surface area contributed by atoms with Crippen molar-refractivity contribution in [2.45, 2.75) is 24.2 Å². The molecule has 1 amide bonds. The van der Waals surface area contributed by atoms with Crippen LogP contribution < -0.4 is 5.32 Å². The molecule has 1 fully saturated rings. The maximum Gasteiger partial charge on any atom is 0.243 e. The fourth-order valence-corrected chi connectivity index (χ4v) is 4.41. The highest BCUT2D eigenvalue weighted by atomic mass is 35.5. The van der Waals surface area contributed by atoms with Gasteiger partial charge in [0.05, 0.1) is 13.2 Å². The van der Waals surface area contributed by atoms with E-state index in [-0.39, 0.29) is 18.3 Å². The summed E-state index contributed by atoms with van der Waals surface area (Å²) in [6.07, 6.45) is 1.80. The molecule has 1 aromatic rings. The van der Waals surface area contributed by atoms with Crippen LogP contribution in [0.2, 0.25) is 0 Å². The van der Waals surface area contributed by atoms with Crippen molar-refractivity contribution < 1.29 is 17.9 Å². The summed E-state index contributed by atoms with van der Waals surface area (Å²) in [5, 5.41) is 3.12. The third-order valence-electron chi connectivity index (χ3n) is 4.54. The van der Waals surface area contributed by atoms with E-state index in [0.717, 1.165) is 11.8 Å². The van der Waals surface area contributed by atoms with Gasteiger partial charge in [0.1, 0.15) is 0 Å². The zero-order chi connectivity index (χ0) is 17.6. The molecule has 0 atom stereocenters. The van der Waals surface area contributed by atoms with E-state index in [9.17, 15) is 13.2 Å². The van der Waals surface area contributed by atoms with Gasteiger partial charge in [0, 0.05) is 19.8 Å². The first-order valence-electron chi connectivity index (χ1n) is 8.14. The van der Waals surface area contributed by atoms with Crippen molar-refractivity contribution in [2.75, 3.05) is 39.5 Å². The molecule has 1 saturated heterocycles. The van der Waals surface area contributed by atoms with Crippen molar-refractivity contribution in [1.82, 2.24) is 10.2 Å². The number of benzene rings is 1. The number of nitrogens with one attached hydrogen (secondary N) is 1. The van der Waals surface area contributed by atoms with Crippen LogP contribution in [-0.2, 0) is 26.0 Å². The van der Waals surface area contributed by atoms with Crippen LogP contribution in [0.1, 0.15) is 18.4 Å². The van der Waals surface area contributed by atoms with Gasteiger partial charge < -0.3 is 15.0 Å². The molecule has 6 nitrogen and oxygen atoms in total. The van der Waals surface area contributed by atoms with Gasteiger partial charge in [-0.05, 0) is 31.5 Å². The SMILES string of the molecule is CN(CCOCc1ccccc1)C(=O)C1(S(C)(=O)=O)CCNCC1.Cl. The van der Waals surface area contributed by atoms with Gasteiger partial charge in [-0.1, -0.05) is 30.3 Å². The molecule has 142 valence electrons. The molecule has 1 heterocycles. The van der Waals surface area contributed by atoms with Crippen LogP contribution >= 0.6 is 12.4 Å². The summed E-state index contributed by atoms with van der Waals surface area (Å²) < 4.78 is 28.8. The molecule has 8 heteroatoms. The van der Waals surface area contributed by atoms with E-state index >= 15 is 0 Å². The number of nitrogens with zero attached hydrogens (tertiary/aromatic N) is 1. The molecule has 1 aliphatic rings. The van der Waals surface area contributed by atoms with Crippen LogP contribution in [0, 0.1) is 0 Å². The number of halogens is 1. The predicted octanol–water partition coefficient (Wildman–Crippen LogP) is 1.25. The number of carbonyl (C=O) groups excluding carboxylic acids is 1. The molecule has 0 bridgehead atoms. The van der Waals surface area contributed by atoms with E-state index in [0.29, 0.717) is 45.7 Å². The lowest BCUT2D eigenvalue weighted by Crippen LogP contribution is -2.57. The Morgan fingerprint density at radius 2 is 1.84 bits per heavy atom. The number of sulfone groups is 1. The molecule has 0 spiro atoms. The molecule has 0 saturated carbocycles. The molecule has 2 rings (SSSR count). The predicted molar refractivity (Wildman–Crippen MR) is 101 cm³/mol. The van der Waals surface area contributed by atoms with Crippen LogP contribution in [0.15, 0.2) is 30.3 Å². The Labute approximate surface area is 156 Å². The van der Waals surface area contributed by atoms with Gasteiger partial charge >= 0.3 is 0 Å². The first kappa shape index (κ1) is 21.9. The standard InChI is InChI=1S/C17H26N2O4S.ClH/c1-19(12-13-23-14-15-6-4-3-5-7-15)16(20)17(24(2,21)22)8-10-18-11-9-17;/h3-7,18H,8-14H2,1-2H3;1H. The van der Waals surface area contributed by atoms with Crippen molar-refractivity contribution in [2.24, 2.45) is 0 Å². The monoisotopic (exact) mass is 390 g/mol. The molecule has 1 aromatic carbocycles. The largest absolute Gasteiger partial charge is 0.375 e. The fraction of sp³-hybridized carbons (Fsp3) is 0.588. The summed E-state index contributed by atoms with van der Waals surface area (Å²) in [7, 11) is -1.84. The van der Waals surface area contributed by atoms with Crippen LogP contribution in [0.3, 0.4) is 0 Å². The minimum atomic E-state index is -3.48. The number of amides is 1. The number of ether oxygens (including phenoxy) is 1. The molecule has 0 aromatic heterocycles. The maximum atomic E-state index is 12.8. The lowest BCUT2D eigenvalue weighted by Gasteiger charge is -2.37. The number of likely N-dealkylation sites (N-methyl/N-ethyl adjacent to an activating group) is 1. The third-order valence-corrected chi connectivity index (χ3v) is 6.54. The second-order valence-electron chi connectivity index (χ2n) is 6.28. The number of piperidine rings is 1. The quantitative estimate of drug-likeness (QED) is 0.709. The highest BCUT2D eigenvalue weighted by Gasteiger charge is 2.49.